The Morgan fingerprint density at radius 2 is 2.06 bits per heavy atom. The van der Waals surface area contributed by atoms with E-state index in [2.05, 4.69) is 0 Å². The Morgan fingerprint density at radius 1 is 1.35 bits per heavy atom. The van der Waals surface area contributed by atoms with Crippen molar-refractivity contribution in [3.63, 3.8) is 0 Å². The third-order valence-electron chi connectivity index (χ3n) is 4.15. The Bertz CT molecular complexity index is 430. The molecule has 0 radical (unpaired) electrons. The Labute approximate surface area is 107 Å². The molecule has 1 aromatic carbocycles. The highest BCUT2D eigenvalue weighted by Gasteiger charge is 2.47. The van der Waals surface area contributed by atoms with Gasteiger partial charge in [0.25, 0.3) is 0 Å². The molecule has 0 bridgehead atoms. The Balaban J connectivity index is 2.26. The lowest BCUT2D eigenvalue weighted by Gasteiger charge is -2.37. The lowest BCUT2D eigenvalue weighted by atomic mass is 9.74. The molecule has 1 saturated carbocycles. The van der Waals surface area contributed by atoms with Crippen molar-refractivity contribution in [2.75, 3.05) is 0 Å². The topological polar surface area (TPSA) is 20.2 Å². The number of hydrogen-bond donors (Lipinski definition) is 1. The Morgan fingerprint density at radius 3 is 2.59 bits per heavy atom. The van der Waals surface area contributed by atoms with Crippen molar-refractivity contribution in [3.8, 4) is 0 Å². The van der Waals surface area contributed by atoms with Gasteiger partial charge in [0.15, 0.2) is 0 Å². The van der Waals surface area contributed by atoms with Crippen LogP contribution in [0, 0.1) is 11.2 Å². The molecule has 1 nitrogen and oxygen atoms in total. The van der Waals surface area contributed by atoms with Crippen LogP contribution < -0.4 is 0 Å². The summed E-state index contributed by atoms with van der Waals surface area (Å²) in [5.74, 6) is -0.325. The molecule has 94 valence electrons. The molecule has 0 aromatic heterocycles. The van der Waals surface area contributed by atoms with Gasteiger partial charge in [0.2, 0.25) is 0 Å². The first-order chi connectivity index (χ1) is 7.84. The second kappa shape index (κ2) is 4.25. The summed E-state index contributed by atoms with van der Waals surface area (Å²) in [6.45, 7) is 4.10. The van der Waals surface area contributed by atoms with E-state index in [1.54, 1.807) is 12.1 Å². The molecule has 0 saturated heterocycles. The monoisotopic (exact) mass is 256 g/mol. The predicted octanol–water partition coefficient (Wildman–Crippen LogP) is 3.96. The largest absolute Gasteiger partial charge is 0.389 e. The molecule has 2 rings (SSSR count). The molecule has 0 spiro atoms. The maximum Gasteiger partial charge on any atom is 0.127 e. The van der Waals surface area contributed by atoms with E-state index in [0.29, 0.717) is 17.0 Å². The highest BCUT2D eigenvalue weighted by molar-refractivity contribution is 6.30. The van der Waals surface area contributed by atoms with E-state index in [-0.39, 0.29) is 11.2 Å². The van der Waals surface area contributed by atoms with Crippen LogP contribution in [0.15, 0.2) is 18.2 Å². The average molecular weight is 257 g/mol. The summed E-state index contributed by atoms with van der Waals surface area (Å²) in [6.07, 6.45) is 3.09. The normalized spacial score (nSPS) is 27.4. The van der Waals surface area contributed by atoms with Gasteiger partial charge < -0.3 is 5.11 Å². The van der Waals surface area contributed by atoms with Gasteiger partial charge in [-0.25, -0.2) is 4.39 Å². The number of halogens is 2. The summed E-state index contributed by atoms with van der Waals surface area (Å²) >= 11 is 5.72. The van der Waals surface area contributed by atoms with Crippen molar-refractivity contribution < 1.29 is 9.50 Å². The minimum atomic E-state index is -0.804. The van der Waals surface area contributed by atoms with E-state index < -0.39 is 5.60 Å². The van der Waals surface area contributed by atoms with Crippen LogP contribution in [0.2, 0.25) is 5.02 Å². The first-order valence-corrected chi connectivity index (χ1v) is 6.38. The third-order valence-corrected chi connectivity index (χ3v) is 4.39. The summed E-state index contributed by atoms with van der Waals surface area (Å²) in [5, 5.41) is 11.1. The molecule has 0 amide bonds. The molecule has 1 unspecified atom stereocenters. The summed E-state index contributed by atoms with van der Waals surface area (Å²) in [4.78, 5) is 0. The van der Waals surface area contributed by atoms with E-state index in [1.807, 2.05) is 13.8 Å². The van der Waals surface area contributed by atoms with E-state index in [4.69, 9.17) is 11.6 Å². The lowest BCUT2D eigenvalue weighted by molar-refractivity contribution is -0.0425. The van der Waals surface area contributed by atoms with Gasteiger partial charge in [0.1, 0.15) is 5.82 Å². The zero-order valence-corrected chi connectivity index (χ0v) is 11.0. The molecule has 1 aromatic rings. The number of hydrogen-bond acceptors (Lipinski definition) is 1. The van der Waals surface area contributed by atoms with Gasteiger partial charge in [-0.05, 0) is 42.4 Å². The van der Waals surface area contributed by atoms with Gasteiger partial charge in [0, 0.05) is 11.4 Å². The highest BCUT2D eigenvalue weighted by atomic mass is 35.5. The SMILES string of the molecule is CC1(C)CCCC1(O)Cc1ccc(Cl)cc1F. The van der Waals surface area contributed by atoms with E-state index in [1.165, 1.54) is 6.07 Å². The number of rotatable bonds is 2. The minimum absolute atomic E-state index is 0.154. The molecule has 1 fully saturated rings. The average Bonchev–Trinajstić information content (AvgIpc) is 2.46. The molecule has 1 N–H and O–H groups in total. The quantitative estimate of drug-likeness (QED) is 0.849. The van der Waals surface area contributed by atoms with Crippen LogP contribution in [0.5, 0.6) is 0 Å². The first kappa shape index (κ1) is 12.8. The van der Waals surface area contributed by atoms with Crippen LogP contribution in [-0.2, 0) is 6.42 Å². The van der Waals surface area contributed by atoms with Crippen LogP contribution in [0.4, 0.5) is 4.39 Å². The molecule has 0 aliphatic heterocycles. The third kappa shape index (κ3) is 2.34. The van der Waals surface area contributed by atoms with Gasteiger partial charge in [-0.2, -0.15) is 0 Å². The van der Waals surface area contributed by atoms with Crippen molar-refractivity contribution in [1.82, 2.24) is 0 Å². The zero-order chi connectivity index (χ0) is 12.7. The first-order valence-electron chi connectivity index (χ1n) is 6.00. The fourth-order valence-electron chi connectivity index (χ4n) is 2.70. The van der Waals surface area contributed by atoms with Crippen LogP contribution in [0.25, 0.3) is 0 Å². The van der Waals surface area contributed by atoms with Crippen molar-refractivity contribution in [3.05, 3.63) is 34.6 Å². The second-order valence-electron chi connectivity index (χ2n) is 5.68. The summed E-state index contributed by atoms with van der Waals surface area (Å²) in [7, 11) is 0. The van der Waals surface area contributed by atoms with Crippen molar-refractivity contribution in [2.24, 2.45) is 5.41 Å². The molecule has 3 heteroatoms. The van der Waals surface area contributed by atoms with Gasteiger partial charge in [-0.3, -0.25) is 0 Å². The molecular weight excluding hydrogens is 239 g/mol. The molecule has 1 aliphatic carbocycles. The molecule has 1 aliphatic rings. The summed E-state index contributed by atoms with van der Waals surface area (Å²) in [5.41, 5.74) is -0.410. The van der Waals surface area contributed by atoms with E-state index in [0.717, 1.165) is 19.3 Å². The molecule has 1 atom stereocenters. The maximum atomic E-state index is 13.7. The van der Waals surface area contributed by atoms with Gasteiger partial charge in [-0.1, -0.05) is 31.5 Å². The van der Waals surface area contributed by atoms with Gasteiger partial charge in [-0.15, -0.1) is 0 Å². The predicted molar refractivity (Wildman–Crippen MR) is 67.7 cm³/mol. The Hall–Kier alpha value is -0.600. The van der Waals surface area contributed by atoms with Gasteiger partial charge in [0.05, 0.1) is 5.60 Å². The Kier molecular flexibility index (Phi) is 3.21. The van der Waals surface area contributed by atoms with Crippen molar-refractivity contribution in [2.45, 2.75) is 45.1 Å². The molecule has 0 heterocycles. The summed E-state index contributed by atoms with van der Waals surface area (Å²) in [6, 6.07) is 4.65. The number of aliphatic hydroxyl groups is 1. The molecular formula is C14H18ClFO. The minimum Gasteiger partial charge on any atom is -0.389 e. The summed E-state index contributed by atoms with van der Waals surface area (Å²) < 4.78 is 13.7. The van der Waals surface area contributed by atoms with Gasteiger partial charge >= 0.3 is 0 Å². The molecule has 17 heavy (non-hydrogen) atoms. The van der Waals surface area contributed by atoms with Crippen LogP contribution >= 0.6 is 11.6 Å². The second-order valence-corrected chi connectivity index (χ2v) is 6.12. The standard InChI is InChI=1S/C14H18ClFO/c1-13(2)6-3-7-14(13,17)9-10-4-5-11(15)8-12(10)16/h4-5,8,17H,3,6-7,9H2,1-2H3. The number of benzene rings is 1. The van der Waals surface area contributed by atoms with Crippen molar-refractivity contribution >= 4 is 11.6 Å². The fourth-order valence-corrected chi connectivity index (χ4v) is 2.86. The van der Waals surface area contributed by atoms with Crippen LogP contribution in [0.3, 0.4) is 0 Å². The smallest absolute Gasteiger partial charge is 0.127 e. The zero-order valence-electron chi connectivity index (χ0n) is 10.3. The maximum absolute atomic E-state index is 13.7. The highest BCUT2D eigenvalue weighted by Crippen LogP contribution is 2.47. The van der Waals surface area contributed by atoms with E-state index >= 15 is 0 Å². The van der Waals surface area contributed by atoms with E-state index in [9.17, 15) is 9.50 Å². The fraction of sp³-hybridized carbons (Fsp3) is 0.571. The van der Waals surface area contributed by atoms with Crippen molar-refractivity contribution in [1.29, 1.82) is 0 Å². The van der Waals surface area contributed by atoms with Crippen LogP contribution in [0.1, 0.15) is 38.7 Å². The lowest BCUT2D eigenvalue weighted by Crippen LogP contribution is -2.42. The van der Waals surface area contributed by atoms with Crippen LogP contribution in [-0.4, -0.2) is 10.7 Å².